The van der Waals surface area contributed by atoms with Crippen molar-refractivity contribution in [2.45, 2.75) is 48.8 Å². The molecular weight excluding hydrogens is 326 g/mol. The molecule has 0 aliphatic heterocycles. The topological polar surface area (TPSA) is 46.2 Å². The normalized spacial score (nSPS) is 24.3. The van der Waals surface area contributed by atoms with Gasteiger partial charge in [0.1, 0.15) is 0 Å². The molecule has 5 heteroatoms. The molecule has 0 spiro atoms. The molecule has 0 aromatic heterocycles. The van der Waals surface area contributed by atoms with Crippen LogP contribution in [0.4, 0.5) is 0 Å². The Bertz CT molecular complexity index is 528. The van der Waals surface area contributed by atoms with E-state index in [1.165, 1.54) is 0 Å². The highest BCUT2D eigenvalue weighted by Gasteiger charge is 2.36. The van der Waals surface area contributed by atoms with E-state index >= 15 is 0 Å². The van der Waals surface area contributed by atoms with E-state index in [2.05, 4.69) is 21.2 Å². The summed E-state index contributed by atoms with van der Waals surface area (Å²) < 4.78 is 26.3. The number of nitrogens with one attached hydrogen (secondary N) is 1. The van der Waals surface area contributed by atoms with Gasteiger partial charge in [0.05, 0.1) is 10.1 Å². The van der Waals surface area contributed by atoms with Crippen LogP contribution in [0.5, 0.6) is 0 Å². The summed E-state index contributed by atoms with van der Waals surface area (Å²) in [4.78, 5) is 0.427. The highest BCUT2D eigenvalue weighted by atomic mass is 79.9. The lowest BCUT2D eigenvalue weighted by Crippen LogP contribution is -2.46. The molecule has 1 saturated carbocycles. The number of halogens is 1. The van der Waals surface area contributed by atoms with Crippen LogP contribution in [0.25, 0.3) is 0 Å². The summed E-state index contributed by atoms with van der Waals surface area (Å²) >= 11 is 3.34. The molecular formula is C14H20BrNO2S. The van der Waals surface area contributed by atoms with E-state index in [-0.39, 0.29) is 11.3 Å². The van der Waals surface area contributed by atoms with Gasteiger partial charge in [-0.2, -0.15) is 0 Å². The first-order valence-corrected chi connectivity index (χ1v) is 9.12. The first kappa shape index (κ1) is 15.0. The molecule has 2 atom stereocenters. The lowest BCUT2D eigenvalue weighted by Gasteiger charge is -2.31. The van der Waals surface area contributed by atoms with Gasteiger partial charge in [-0.25, -0.2) is 8.42 Å². The van der Waals surface area contributed by atoms with Gasteiger partial charge in [-0.05, 0) is 37.6 Å². The van der Waals surface area contributed by atoms with Crippen molar-refractivity contribution in [2.24, 2.45) is 0 Å². The first-order valence-electron chi connectivity index (χ1n) is 6.78. The van der Waals surface area contributed by atoms with Gasteiger partial charge < -0.3 is 5.32 Å². The van der Waals surface area contributed by atoms with E-state index in [4.69, 9.17) is 0 Å². The largest absolute Gasteiger partial charge is 0.313 e. The molecule has 0 bridgehead atoms. The van der Waals surface area contributed by atoms with E-state index in [9.17, 15) is 8.42 Å². The number of hydrogen-bond acceptors (Lipinski definition) is 3. The Kier molecular flexibility index (Phi) is 5.03. The number of rotatable bonds is 4. The minimum absolute atomic E-state index is 0.0859. The highest BCUT2D eigenvalue weighted by Crippen LogP contribution is 2.30. The van der Waals surface area contributed by atoms with E-state index < -0.39 is 9.84 Å². The predicted molar refractivity (Wildman–Crippen MR) is 81.0 cm³/mol. The average Bonchev–Trinajstić information content (AvgIpc) is 2.39. The average molecular weight is 346 g/mol. The van der Waals surface area contributed by atoms with E-state index in [1.807, 2.05) is 13.0 Å². The molecule has 1 aromatic rings. The Morgan fingerprint density at radius 1 is 1.32 bits per heavy atom. The van der Waals surface area contributed by atoms with Crippen LogP contribution in [-0.2, 0) is 9.84 Å². The zero-order valence-corrected chi connectivity index (χ0v) is 13.5. The molecule has 2 unspecified atom stereocenters. The molecule has 1 aliphatic rings. The molecule has 0 amide bonds. The van der Waals surface area contributed by atoms with Crippen LogP contribution in [0.15, 0.2) is 33.6 Å². The standard InChI is InChI=1S/C14H20BrNO2S/c1-2-16-13-8-3-4-9-14(13)19(17,18)12-7-5-6-11(15)10-12/h5-7,10,13-14,16H,2-4,8-9H2,1H3. The van der Waals surface area contributed by atoms with Crippen LogP contribution < -0.4 is 5.32 Å². The van der Waals surface area contributed by atoms with Gasteiger partial charge in [-0.1, -0.05) is 41.8 Å². The smallest absolute Gasteiger partial charge is 0.182 e. The van der Waals surface area contributed by atoms with Crippen molar-refractivity contribution in [3.8, 4) is 0 Å². The predicted octanol–water partition coefficient (Wildman–Crippen LogP) is 3.14. The van der Waals surface area contributed by atoms with Crippen LogP contribution in [0.1, 0.15) is 32.6 Å². The van der Waals surface area contributed by atoms with Gasteiger partial charge in [-0.15, -0.1) is 0 Å². The van der Waals surface area contributed by atoms with Crippen LogP contribution in [0, 0.1) is 0 Å². The minimum atomic E-state index is -3.25. The van der Waals surface area contributed by atoms with Crippen molar-refractivity contribution >= 4 is 25.8 Å². The Hall–Kier alpha value is -0.390. The van der Waals surface area contributed by atoms with Crippen molar-refractivity contribution < 1.29 is 8.42 Å². The number of hydrogen-bond donors (Lipinski definition) is 1. The lowest BCUT2D eigenvalue weighted by molar-refractivity contribution is 0.377. The quantitative estimate of drug-likeness (QED) is 0.911. The Balaban J connectivity index is 2.31. The first-order chi connectivity index (χ1) is 9.05. The Morgan fingerprint density at radius 3 is 2.74 bits per heavy atom. The fraction of sp³-hybridized carbons (Fsp3) is 0.571. The second kappa shape index (κ2) is 6.37. The fourth-order valence-corrected chi connectivity index (χ4v) is 5.38. The monoisotopic (exact) mass is 345 g/mol. The van der Waals surface area contributed by atoms with Crippen molar-refractivity contribution in [1.29, 1.82) is 0 Å². The third-order valence-corrected chi connectivity index (χ3v) is 6.46. The summed E-state index contributed by atoms with van der Waals surface area (Å²) in [6.45, 7) is 2.84. The summed E-state index contributed by atoms with van der Waals surface area (Å²) in [5.74, 6) is 0. The molecule has 0 radical (unpaired) electrons. The molecule has 0 heterocycles. The maximum absolute atomic E-state index is 12.8. The van der Waals surface area contributed by atoms with Gasteiger partial charge in [0.2, 0.25) is 0 Å². The maximum Gasteiger partial charge on any atom is 0.182 e. The SMILES string of the molecule is CCNC1CCCCC1S(=O)(=O)c1cccc(Br)c1. The van der Waals surface area contributed by atoms with Crippen LogP contribution in [-0.4, -0.2) is 26.3 Å². The minimum Gasteiger partial charge on any atom is -0.313 e. The lowest BCUT2D eigenvalue weighted by atomic mass is 9.95. The Morgan fingerprint density at radius 2 is 2.05 bits per heavy atom. The van der Waals surface area contributed by atoms with Crippen LogP contribution in [0.3, 0.4) is 0 Å². The van der Waals surface area contributed by atoms with Crippen molar-refractivity contribution in [3.05, 3.63) is 28.7 Å². The summed E-state index contributed by atoms with van der Waals surface area (Å²) in [6.07, 6.45) is 3.82. The van der Waals surface area contributed by atoms with Gasteiger partial charge in [-0.3, -0.25) is 0 Å². The third kappa shape index (κ3) is 3.38. The third-order valence-electron chi connectivity index (χ3n) is 3.69. The molecule has 3 nitrogen and oxygen atoms in total. The molecule has 106 valence electrons. The zero-order chi connectivity index (χ0) is 13.9. The maximum atomic E-state index is 12.8. The van der Waals surface area contributed by atoms with Crippen LogP contribution in [0.2, 0.25) is 0 Å². The van der Waals surface area contributed by atoms with E-state index in [1.54, 1.807) is 18.2 Å². The Labute approximate surface area is 123 Å². The van der Waals surface area contributed by atoms with Gasteiger partial charge in [0.15, 0.2) is 9.84 Å². The second-order valence-electron chi connectivity index (χ2n) is 4.99. The molecule has 1 N–H and O–H groups in total. The molecule has 2 rings (SSSR count). The van der Waals surface area contributed by atoms with Crippen molar-refractivity contribution in [3.63, 3.8) is 0 Å². The molecule has 19 heavy (non-hydrogen) atoms. The molecule has 0 saturated heterocycles. The van der Waals surface area contributed by atoms with Crippen molar-refractivity contribution in [1.82, 2.24) is 5.32 Å². The van der Waals surface area contributed by atoms with Gasteiger partial charge >= 0.3 is 0 Å². The van der Waals surface area contributed by atoms with Gasteiger partial charge in [0, 0.05) is 10.5 Å². The molecule has 1 fully saturated rings. The van der Waals surface area contributed by atoms with E-state index in [0.29, 0.717) is 4.90 Å². The van der Waals surface area contributed by atoms with E-state index in [0.717, 1.165) is 36.7 Å². The summed E-state index contributed by atoms with van der Waals surface area (Å²) in [5.41, 5.74) is 0. The zero-order valence-electron chi connectivity index (χ0n) is 11.1. The van der Waals surface area contributed by atoms with Crippen molar-refractivity contribution in [2.75, 3.05) is 6.54 Å². The highest BCUT2D eigenvalue weighted by molar-refractivity contribution is 9.10. The number of sulfone groups is 1. The van der Waals surface area contributed by atoms with Crippen LogP contribution >= 0.6 is 15.9 Å². The fourth-order valence-electron chi connectivity index (χ4n) is 2.78. The second-order valence-corrected chi connectivity index (χ2v) is 8.07. The summed E-state index contributed by atoms with van der Waals surface area (Å²) in [7, 11) is -3.25. The molecule has 1 aromatic carbocycles. The van der Waals surface area contributed by atoms with Gasteiger partial charge in [0.25, 0.3) is 0 Å². The molecule has 1 aliphatic carbocycles. The summed E-state index contributed by atoms with van der Waals surface area (Å²) in [5, 5.41) is 3.04. The number of benzene rings is 1. The summed E-state index contributed by atoms with van der Waals surface area (Å²) in [6, 6.07) is 7.11.